The molecule has 0 N–H and O–H groups in total. The third-order valence-corrected chi connectivity index (χ3v) is 3.47. The van der Waals surface area contributed by atoms with E-state index in [2.05, 4.69) is 13.8 Å². The molecule has 1 aliphatic heterocycles. The standard InChI is InChI=1S/C15H18ClNO3/c1-10(2)5-7-20-8-6-17-13-9-11(16)3-4-12(13)14(18)15(17)19/h3-4,9-10H,5-8H2,1-2H3. The van der Waals surface area contributed by atoms with Crippen molar-refractivity contribution in [3.05, 3.63) is 28.8 Å². The van der Waals surface area contributed by atoms with Crippen LogP contribution in [0.4, 0.5) is 5.69 Å². The van der Waals surface area contributed by atoms with Gasteiger partial charge in [0.1, 0.15) is 0 Å². The van der Waals surface area contributed by atoms with Crippen molar-refractivity contribution in [1.29, 1.82) is 0 Å². The normalized spacial score (nSPS) is 14.3. The van der Waals surface area contributed by atoms with Gasteiger partial charge in [0.25, 0.3) is 11.7 Å². The highest BCUT2D eigenvalue weighted by Gasteiger charge is 2.35. The second kappa shape index (κ2) is 6.37. The lowest BCUT2D eigenvalue weighted by Gasteiger charge is -2.16. The van der Waals surface area contributed by atoms with Crippen molar-refractivity contribution in [2.75, 3.05) is 24.7 Å². The molecular weight excluding hydrogens is 278 g/mol. The van der Waals surface area contributed by atoms with Crippen molar-refractivity contribution in [3.8, 4) is 0 Å². The highest BCUT2D eigenvalue weighted by Crippen LogP contribution is 2.31. The third kappa shape index (κ3) is 3.19. The smallest absolute Gasteiger partial charge is 0.299 e. The van der Waals surface area contributed by atoms with Gasteiger partial charge in [-0.15, -0.1) is 0 Å². The predicted molar refractivity (Wildman–Crippen MR) is 78.4 cm³/mol. The van der Waals surface area contributed by atoms with Crippen LogP contribution in [0, 0.1) is 5.92 Å². The lowest BCUT2D eigenvalue weighted by molar-refractivity contribution is -0.114. The number of Topliss-reactive ketones (excluding diaryl/α,β-unsaturated/α-hetero) is 1. The molecule has 0 atom stereocenters. The highest BCUT2D eigenvalue weighted by molar-refractivity contribution is 6.52. The van der Waals surface area contributed by atoms with Gasteiger partial charge >= 0.3 is 0 Å². The van der Waals surface area contributed by atoms with Gasteiger partial charge in [-0.3, -0.25) is 9.59 Å². The van der Waals surface area contributed by atoms with Crippen LogP contribution in [0.2, 0.25) is 5.02 Å². The van der Waals surface area contributed by atoms with E-state index >= 15 is 0 Å². The molecular formula is C15H18ClNO3. The van der Waals surface area contributed by atoms with Gasteiger partial charge in [0.05, 0.1) is 17.9 Å². The van der Waals surface area contributed by atoms with Gasteiger partial charge in [-0.25, -0.2) is 0 Å². The fourth-order valence-corrected chi connectivity index (χ4v) is 2.23. The first-order valence-electron chi connectivity index (χ1n) is 6.74. The zero-order valence-corrected chi connectivity index (χ0v) is 12.4. The molecule has 0 unspecified atom stereocenters. The molecule has 0 saturated carbocycles. The van der Waals surface area contributed by atoms with Crippen LogP contribution in [0.5, 0.6) is 0 Å². The monoisotopic (exact) mass is 295 g/mol. The Morgan fingerprint density at radius 1 is 1.25 bits per heavy atom. The second-order valence-corrected chi connectivity index (χ2v) is 5.68. The average Bonchev–Trinajstić information content (AvgIpc) is 2.62. The number of fused-ring (bicyclic) bond motifs is 1. The van der Waals surface area contributed by atoms with Crippen LogP contribution in [0.25, 0.3) is 0 Å². The van der Waals surface area contributed by atoms with E-state index in [1.807, 2.05) is 0 Å². The zero-order valence-electron chi connectivity index (χ0n) is 11.7. The Hall–Kier alpha value is -1.39. The van der Waals surface area contributed by atoms with Crippen LogP contribution in [-0.4, -0.2) is 31.4 Å². The first kappa shape index (κ1) is 15.0. The highest BCUT2D eigenvalue weighted by atomic mass is 35.5. The first-order valence-corrected chi connectivity index (χ1v) is 7.12. The van der Waals surface area contributed by atoms with Crippen molar-refractivity contribution in [2.45, 2.75) is 20.3 Å². The number of rotatable bonds is 6. The molecule has 1 aliphatic rings. The number of hydrogen-bond donors (Lipinski definition) is 0. The molecule has 5 heteroatoms. The molecule has 4 nitrogen and oxygen atoms in total. The van der Waals surface area contributed by atoms with Crippen LogP contribution in [0.3, 0.4) is 0 Å². The van der Waals surface area contributed by atoms with E-state index in [1.165, 1.54) is 4.90 Å². The number of ketones is 1. The number of amides is 1. The fourth-order valence-electron chi connectivity index (χ4n) is 2.07. The van der Waals surface area contributed by atoms with E-state index in [4.69, 9.17) is 16.3 Å². The van der Waals surface area contributed by atoms with E-state index < -0.39 is 11.7 Å². The van der Waals surface area contributed by atoms with E-state index in [0.717, 1.165) is 6.42 Å². The molecule has 2 rings (SSSR count). The summed E-state index contributed by atoms with van der Waals surface area (Å²) in [5, 5.41) is 0.511. The molecule has 0 aliphatic carbocycles. The minimum absolute atomic E-state index is 0.371. The Morgan fingerprint density at radius 3 is 2.70 bits per heavy atom. The number of carbonyl (C=O) groups excluding carboxylic acids is 2. The van der Waals surface area contributed by atoms with Crippen molar-refractivity contribution < 1.29 is 14.3 Å². The largest absolute Gasteiger partial charge is 0.380 e. The number of carbonyl (C=O) groups is 2. The molecule has 1 aromatic carbocycles. The number of hydrogen-bond acceptors (Lipinski definition) is 3. The molecule has 0 aromatic heterocycles. The summed E-state index contributed by atoms with van der Waals surface area (Å²) in [6.45, 7) is 5.71. The average molecular weight is 296 g/mol. The molecule has 108 valence electrons. The number of nitrogens with zero attached hydrogens (tertiary/aromatic N) is 1. The van der Waals surface area contributed by atoms with Crippen molar-refractivity contribution >= 4 is 29.0 Å². The maximum Gasteiger partial charge on any atom is 0.299 e. The Labute approximate surface area is 123 Å². The summed E-state index contributed by atoms with van der Waals surface area (Å²) >= 11 is 5.92. The lowest BCUT2D eigenvalue weighted by atomic mass is 10.1. The molecule has 0 spiro atoms. The number of benzene rings is 1. The van der Waals surface area contributed by atoms with Gasteiger partial charge in [-0.1, -0.05) is 25.4 Å². The predicted octanol–water partition coefficient (Wildman–Crippen LogP) is 2.93. The van der Waals surface area contributed by atoms with E-state index in [9.17, 15) is 9.59 Å². The number of anilines is 1. The Bertz CT molecular complexity index is 528. The zero-order chi connectivity index (χ0) is 14.7. The maximum atomic E-state index is 11.9. The van der Waals surface area contributed by atoms with Crippen molar-refractivity contribution in [1.82, 2.24) is 0 Å². The van der Waals surface area contributed by atoms with Gasteiger partial charge < -0.3 is 9.64 Å². The van der Waals surface area contributed by atoms with Crippen LogP contribution in [-0.2, 0) is 9.53 Å². The van der Waals surface area contributed by atoms with Crippen molar-refractivity contribution in [3.63, 3.8) is 0 Å². The summed E-state index contributed by atoms with van der Waals surface area (Å²) in [5.41, 5.74) is 1.00. The van der Waals surface area contributed by atoms with Crippen LogP contribution >= 0.6 is 11.6 Å². The lowest BCUT2D eigenvalue weighted by Crippen LogP contribution is -2.33. The van der Waals surface area contributed by atoms with Gasteiger partial charge in [0.15, 0.2) is 0 Å². The summed E-state index contributed by atoms with van der Waals surface area (Å²) in [6.07, 6.45) is 0.981. The molecule has 20 heavy (non-hydrogen) atoms. The summed E-state index contributed by atoms with van der Waals surface area (Å²) in [5.74, 6) is -0.391. The number of ether oxygens (including phenoxy) is 1. The van der Waals surface area contributed by atoms with E-state index in [1.54, 1.807) is 18.2 Å². The minimum atomic E-state index is -0.505. The third-order valence-electron chi connectivity index (χ3n) is 3.23. The van der Waals surface area contributed by atoms with Crippen molar-refractivity contribution in [2.24, 2.45) is 5.92 Å². The molecule has 0 fully saturated rings. The van der Waals surface area contributed by atoms with Gasteiger partial charge in [0.2, 0.25) is 0 Å². The first-order chi connectivity index (χ1) is 9.50. The quantitative estimate of drug-likeness (QED) is 0.599. The van der Waals surface area contributed by atoms with Gasteiger partial charge in [-0.2, -0.15) is 0 Å². The summed E-state index contributed by atoms with van der Waals surface area (Å²) in [4.78, 5) is 25.2. The molecule has 0 bridgehead atoms. The van der Waals surface area contributed by atoms with Crippen LogP contribution in [0.15, 0.2) is 18.2 Å². The summed E-state index contributed by atoms with van der Waals surface area (Å²) in [7, 11) is 0. The minimum Gasteiger partial charge on any atom is -0.380 e. The Kier molecular flexibility index (Phi) is 4.78. The maximum absolute atomic E-state index is 11.9. The molecule has 0 saturated heterocycles. The Balaban J connectivity index is 1.97. The molecule has 1 aromatic rings. The van der Waals surface area contributed by atoms with Gasteiger partial charge in [0, 0.05) is 18.2 Å². The molecule has 0 radical (unpaired) electrons. The van der Waals surface area contributed by atoms with Crippen LogP contribution < -0.4 is 4.90 Å². The SMILES string of the molecule is CC(C)CCOCCN1C(=O)C(=O)c2ccc(Cl)cc21. The molecule has 1 heterocycles. The topological polar surface area (TPSA) is 46.6 Å². The molecule has 1 amide bonds. The van der Waals surface area contributed by atoms with Crippen LogP contribution in [0.1, 0.15) is 30.6 Å². The van der Waals surface area contributed by atoms with E-state index in [0.29, 0.717) is 41.9 Å². The van der Waals surface area contributed by atoms with E-state index in [-0.39, 0.29) is 0 Å². The van der Waals surface area contributed by atoms with Gasteiger partial charge in [-0.05, 0) is 30.5 Å². The second-order valence-electron chi connectivity index (χ2n) is 5.24. The summed E-state index contributed by atoms with van der Waals surface area (Å²) in [6, 6.07) is 4.86. The Morgan fingerprint density at radius 2 is 2.00 bits per heavy atom. The number of halogens is 1. The summed E-state index contributed by atoms with van der Waals surface area (Å²) < 4.78 is 5.50. The fraction of sp³-hybridized carbons (Fsp3) is 0.467.